The summed E-state index contributed by atoms with van der Waals surface area (Å²) in [6, 6.07) is 6.68. The number of amides is 1. The molecule has 0 radical (unpaired) electrons. The van der Waals surface area contributed by atoms with Crippen molar-refractivity contribution in [3.8, 4) is 5.75 Å². The summed E-state index contributed by atoms with van der Waals surface area (Å²) in [6.07, 6.45) is 1.86. The predicted octanol–water partition coefficient (Wildman–Crippen LogP) is 2.76. The van der Waals surface area contributed by atoms with E-state index >= 15 is 0 Å². The first-order valence-electron chi connectivity index (χ1n) is 6.35. The van der Waals surface area contributed by atoms with Gasteiger partial charge in [0.1, 0.15) is 12.4 Å². The van der Waals surface area contributed by atoms with Crippen molar-refractivity contribution in [3.05, 3.63) is 29.8 Å². The number of aromatic hydroxyl groups is 1. The Morgan fingerprint density at radius 3 is 2.56 bits per heavy atom. The first kappa shape index (κ1) is 12.7. The fourth-order valence-corrected chi connectivity index (χ4v) is 2.02. The molecule has 1 N–H and O–H groups in total. The molecule has 1 aromatic rings. The van der Waals surface area contributed by atoms with Crippen molar-refractivity contribution in [2.24, 2.45) is 5.92 Å². The lowest BCUT2D eigenvalue weighted by atomic mass is 10.00. The van der Waals surface area contributed by atoms with Crippen LogP contribution in [0.25, 0.3) is 0 Å². The van der Waals surface area contributed by atoms with Crippen molar-refractivity contribution in [1.29, 1.82) is 0 Å². The van der Waals surface area contributed by atoms with Crippen LogP contribution in [-0.2, 0) is 11.3 Å². The van der Waals surface area contributed by atoms with Crippen LogP contribution in [0.4, 0.5) is 4.79 Å². The summed E-state index contributed by atoms with van der Waals surface area (Å²) < 4.78 is 5.25. The number of phenolic OH excluding ortho intramolecular Hbond substituents is 1. The Hall–Kier alpha value is -1.71. The van der Waals surface area contributed by atoms with Crippen LogP contribution in [0.1, 0.15) is 25.3 Å². The third-order valence-corrected chi connectivity index (χ3v) is 3.34. The molecule has 1 fully saturated rings. The molecule has 1 aromatic carbocycles. The number of rotatable bonds is 2. The third-order valence-electron chi connectivity index (χ3n) is 3.34. The van der Waals surface area contributed by atoms with E-state index in [1.54, 1.807) is 29.2 Å². The van der Waals surface area contributed by atoms with E-state index in [-0.39, 0.29) is 18.4 Å². The predicted molar refractivity (Wildman–Crippen MR) is 68.3 cm³/mol. The summed E-state index contributed by atoms with van der Waals surface area (Å²) in [7, 11) is 0. The second kappa shape index (κ2) is 5.76. The third kappa shape index (κ3) is 3.39. The largest absolute Gasteiger partial charge is 0.508 e. The molecule has 0 unspecified atom stereocenters. The molecule has 0 aliphatic carbocycles. The Morgan fingerprint density at radius 2 is 1.94 bits per heavy atom. The highest BCUT2D eigenvalue weighted by Gasteiger charge is 2.21. The molecule has 4 nitrogen and oxygen atoms in total. The first-order chi connectivity index (χ1) is 8.65. The van der Waals surface area contributed by atoms with Crippen molar-refractivity contribution in [1.82, 2.24) is 4.90 Å². The fraction of sp³-hybridized carbons (Fsp3) is 0.500. The molecule has 1 saturated heterocycles. The summed E-state index contributed by atoms with van der Waals surface area (Å²) in [5.74, 6) is 0.918. The lowest BCUT2D eigenvalue weighted by Crippen LogP contribution is -2.38. The maximum atomic E-state index is 11.8. The molecule has 18 heavy (non-hydrogen) atoms. The van der Waals surface area contributed by atoms with Crippen molar-refractivity contribution < 1.29 is 14.6 Å². The first-order valence-corrected chi connectivity index (χ1v) is 6.35. The van der Waals surface area contributed by atoms with E-state index < -0.39 is 0 Å². The highest BCUT2D eigenvalue weighted by atomic mass is 16.6. The highest BCUT2D eigenvalue weighted by molar-refractivity contribution is 5.67. The molecule has 1 aliphatic heterocycles. The summed E-state index contributed by atoms with van der Waals surface area (Å²) in [4.78, 5) is 13.6. The van der Waals surface area contributed by atoms with Crippen LogP contribution in [0.5, 0.6) is 5.75 Å². The quantitative estimate of drug-likeness (QED) is 0.876. The van der Waals surface area contributed by atoms with Gasteiger partial charge < -0.3 is 14.7 Å². The number of carbonyl (C=O) groups is 1. The highest BCUT2D eigenvalue weighted by Crippen LogP contribution is 2.17. The maximum Gasteiger partial charge on any atom is 0.410 e. The Balaban J connectivity index is 1.79. The van der Waals surface area contributed by atoms with Gasteiger partial charge in [0.15, 0.2) is 0 Å². The number of carbonyl (C=O) groups excluding carboxylic acids is 1. The second-order valence-electron chi connectivity index (χ2n) is 4.89. The summed E-state index contributed by atoms with van der Waals surface area (Å²) >= 11 is 0. The molecule has 1 amide bonds. The lowest BCUT2D eigenvalue weighted by Gasteiger charge is -2.29. The molecule has 0 bridgehead atoms. The summed E-state index contributed by atoms with van der Waals surface area (Å²) in [5, 5.41) is 9.15. The van der Waals surface area contributed by atoms with Crippen LogP contribution in [0, 0.1) is 5.92 Å². The van der Waals surface area contributed by atoms with Crippen LogP contribution in [0.15, 0.2) is 24.3 Å². The van der Waals surface area contributed by atoms with Crippen molar-refractivity contribution in [2.45, 2.75) is 26.4 Å². The molecule has 2 rings (SSSR count). The lowest BCUT2D eigenvalue weighted by molar-refractivity contribution is 0.0837. The number of phenols is 1. The van der Waals surface area contributed by atoms with Gasteiger partial charge in [-0.3, -0.25) is 0 Å². The van der Waals surface area contributed by atoms with E-state index in [0.29, 0.717) is 5.92 Å². The Kier molecular flexibility index (Phi) is 4.07. The molecule has 0 atom stereocenters. The number of ether oxygens (including phenoxy) is 1. The van der Waals surface area contributed by atoms with Crippen molar-refractivity contribution in [2.75, 3.05) is 13.1 Å². The van der Waals surface area contributed by atoms with Gasteiger partial charge in [-0.05, 0) is 36.5 Å². The number of benzene rings is 1. The molecule has 0 saturated carbocycles. The monoisotopic (exact) mass is 249 g/mol. The number of piperidine rings is 1. The van der Waals surface area contributed by atoms with Crippen molar-refractivity contribution >= 4 is 6.09 Å². The van der Waals surface area contributed by atoms with E-state index in [1.807, 2.05) is 0 Å². The molecule has 0 aromatic heterocycles. The van der Waals surface area contributed by atoms with Gasteiger partial charge in [-0.25, -0.2) is 4.79 Å². The molecule has 1 heterocycles. The Morgan fingerprint density at radius 1 is 1.33 bits per heavy atom. The summed E-state index contributed by atoms with van der Waals surface area (Å²) in [6.45, 7) is 4.04. The van der Waals surface area contributed by atoms with Crippen LogP contribution >= 0.6 is 0 Å². The van der Waals surface area contributed by atoms with Gasteiger partial charge in [0, 0.05) is 13.1 Å². The Labute approximate surface area is 107 Å². The minimum absolute atomic E-state index is 0.218. The standard InChI is InChI=1S/C14H19NO3/c1-11-6-8-15(9-7-11)14(17)18-10-12-2-4-13(16)5-3-12/h2-5,11,16H,6-10H2,1H3. The zero-order valence-corrected chi connectivity index (χ0v) is 10.6. The number of hydrogen-bond acceptors (Lipinski definition) is 3. The van der Waals surface area contributed by atoms with Crippen LogP contribution in [0.2, 0.25) is 0 Å². The van der Waals surface area contributed by atoms with Crippen LogP contribution < -0.4 is 0 Å². The Bertz CT molecular complexity index is 394. The average molecular weight is 249 g/mol. The van der Waals surface area contributed by atoms with Gasteiger partial charge in [-0.15, -0.1) is 0 Å². The number of likely N-dealkylation sites (tertiary alicyclic amines) is 1. The minimum Gasteiger partial charge on any atom is -0.508 e. The van der Waals surface area contributed by atoms with E-state index in [0.717, 1.165) is 31.5 Å². The van der Waals surface area contributed by atoms with Crippen molar-refractivity contribution in [3.63, 3.8) is 0 Å². The molecule has 4 heteroatoms. The van der Waals surface area contributed by atoms with E-state index in [1.165, 1.54) is 0 Å². The zero-order chi connectivity index (χ0) is 13.0. The topological polar surface area (TPSA) is 49.8 Å². The van der Waals surface area contributed by atoms with E-state index in [2.05, 4.69) is 6.92 Å². The van der Waals surface area contributed by atoms with Gasteiger partial charge in [-0.2, -0.15) is 0 Å². The average Bonchev–Trinajstić information content (AvgIpc) is 2.38. The van der Waals surface area contributed by atoms with Crippen LogP contribution in [-0.4, -0.2) is 29.2 Å². The second-order valence-corrected chi connectivity index (χ2v) is 4.89. The number of hydrogen-bond donors (Lipinski definition) is 1. The smallest absolute Gasteiger partial charge is 0.410 e. The van der Waals surface area contributed by atoms with E-state index in [9.17, 15) is 4.79 Å². The van der Waals surface area contributed by atoms with Gasteiger partial charge in [0.25, 0.3) is 0 Å². The number of nitrogens with zero attached hydrogens (tertiary/aromatic N) is 1. The van der Waals surface area contributed by atoms with Gasteiger partial charge in [0.05, 0.1) is 0 Å². The SMILES string of the molecule is CC1CCN(C(=O)OCc2ccc(O)cc2)CC1. The maximum absolute atomic E-state index is 11.8. The fourth-order valence-electron chi connectivity index (χ4n) is 2.02. The molecular formula is C14H19NO3. The molecule has 1 aliphatic rings. The van der Waals surface area contributed by atoms with Gasteiger partial charge in [-0.1, -0.05) is 19.1 Å². The normalized spacial score (nSPS) is 16.6. The zero-order valence-electron chi connectivity index (χ0n) is 10.6. The van der Waals surface area contributed by atoms with Gasteiger partial charge in [0.2, 0.25) is 0 Å². The molecule has 0 spiro atoms. The minimum atomic E-state index is -0.241. The van der Waals surface area contributed by atoms with E-state index in [4.69, 9.17) is 9.84 Å². The van der Waals surface area contributed by atoms with Crippen LogP contribution in [0.3, 0.4) is 0 Å². The molecular weight excluding hydrogens is 230 g/mol. The van der Waals surface area contributed by atoms with Gasteiger partial charge >= 0.3 is 6.09 Å². The molecule has 98 valence electrons. The summed E-state index contributed by atoms with van der Waals surface area (Å²) in [5.41, 5.74) is 0.881.